The Kier molecular flexibility index (Phi) is 5.28. The van der Waals surface area contributed by atoms with Gasteiger partial charge in [-0.3, -0.25) is 4.79 Å². The third-order valence-corrected chi connectivity index (χ3v) is 4.60. The molecule has 1 aromatic carbocycles. The lowest BCUT2D eigenvalue weighted by molar-refractivity contribution is -0.139. The minimum atomic E-state index is -0.145. The van der Waals surface area contributed by atoms with Crippen molar-refractivity contribution in [1.82, 2.24) is 4.90 Å². The highest BCUT2D eigenvalue weighted by molar-refractivity contribution is 6.30. The van der Waals surface area contributed by atoms with Crippen LogP contribution in [0.5, 0.6) is 0 Å². The molecule has 0 saturated carbocycles. The number of halogens is 1. The molecule has 0 aliphatic carbocycles. The van der Waals surface area contributed by atoms with Gasteiger partial charge < -0.3 is 10.0 Å². The topological polar surface area (TPSA) is 40.5 Å². The zero-order chi connectivity index (χ0) is 15.5. The average molecular weight is 310 g/mol. The van der Waals surface area contributed by atoms with Gasteiger partial charge in [0.1, 0.15) is 0 Å². The molecule has 1 aliphatic heterocycles. The number of hydrogen-bond donors (Lipinski definition) is 1. The molecule has 1 saturated heterocycles. The third-order valence-electron chi connectivity index (χ3n) is 4.35. The van der Waals surface area contributed by atoms with Gasteiger partial charge in [-0.15, -0.1) is 0 Å². The maximum Gasteiger partial charge on any atom is 0.225 e. The Labute approximate surface area is 131 Å². The normalized spacial score (nSPS) is 23.9. The van der Waals surface area contributed by atoms with E-state index in [-0.39, 0.29) is 23.8 Å². The molecule has 2 rings (SSSR count). The van der Waals surface area contributed by atoms with E-state index in [9.17, 15) is 9.90 Å². The summed E-state index contributed by atoms with van der Waals surface area (Å²) in [6.45, 7) is 5.63. The Morgan fingerprint density at radius 1 is 1.43 bits per heavy atom. The molecule has 21 heavy (non-hydrogen) atoms. The van der Waals surface area contributed by atoms with Gasteiger partial charge in [-0.2, -0.15) is 0 Å². The second-order valence-corrected chi connectivity index (χ2v) is 7.00. The van der Waals surface area contributed by atoms with Crippen LogP contribution in [-0.2, 0) is 11.2 Å². The van der Waals surface area contributed by atoms with Gasteiger partial charge in [0.2, 0.25) is 5.91 Å². The van der Waals surface area contributed by atoms with Crippen LogP contribution in [0.25, 0.3) is 0 Å². The predicted molar refractivity (Wildman–Crippen MR) is 85.3 cm³/mol. The van der Waals surface area contributed by atoms with Crippen molar-refractivity contribution in [2.45, 2.75) is 33.1 Å². The summed E-state index contributed by atoms with van der Waals surface area (Å²) in [6.07, 6.45) is 2.68. The van der Waals surface area contributed by atoms with Crippen LogP contribution < -0.4 is 0 Å². The standard InChI is InChI=1S/C17H24ClNO2/c1-13(10-14-4-6-15(18)7-5-14)16(21)19-9-3-8-17(2,11-19)12-20/h4-7,13,20H,3,8-12H2,1-2H3. The minimum Gasteiger partial charge on any atom is -0.396 e. The highest BCUT2D eigenvalue weighted by Gasteiger charge is 2.33. The summed E-state index contributed by atoms with van der Waals surface area (Å²) >= 11 is 5.88. The van der Waals surface area contributed by atoms with Crippen LogP contribution in [-0.4, -0.2) is 35.6 Å². The van der Waals surface area contributed by atoms with Crippen molar-refractivity contribution in [1.29, 1.82) is 0 Å². The van der Waals surface area contributed by atoms with E-state index in [0.717, 1.165) is 31.4 Å². The smallest absolute Gasteiger partial charge is 0.225 e. The Morgan fingerprint density at radius 3 is 2.71 bits per heavy atom. The van der Waals surface area contributed by atoms with E-state index in [1.54, 1.807) is 0 Å². The molecule has 2 unspecified atom stereocenters. The van der Waals surface area contributed by atoms with Crippen LogP contribution in [0.4, 0.5) is 0 Å². The maximum atomic E-state index is 12.6. The Balaban J connectivity index is 1.97. The Morgan fingerprint density at radius 2 is 2.10 bits per heavy atom. The van der Waals surface area contributed by atoms with Crippen LogP contribution in [0.2, 0.25) is 5.02 Å². The average Bonchev–Trinajstić information content (AvgIpc) is 2.49. The highest BCUT2D eigenvalue weighted by Crippen LogP contribution is 2.29. The van der Waals surface area contributed by atoms with E-state index in [1.165, 1.54) is 0 Å². The van der Waals surface area contributed by atoms with Crippen LogP contribution in [0, 0.1) is 11.3 Å². The maximum absolute atomic E-state index is 12.6. The summed E-state index contributed by atoms with van der Waals surface area (Å²) in [5, 5.41) is 10.2. The van der Waals surface area contributed by atoms with E-state index in [1.807, 2.05) is 36.1 Å². The number of rotatable bonds is 4. The lowest BCUT2D eigenvalue weighted by Gasteiger charge is -2.40. The first-order chi connectivity index (χ1) is 9.93. The number of aliphatic hydroxyl groups is 1. The highest BCUT2D eigenvalue weighted by atomic mass is 35.5. The quantitative estimate of drug-likeness (QED) is 0.928. The molecule has 4 heteroatoms. The summed E-state index contributed by atoms with van der Waals surface area (Å²) in [4.78, 5) is 14.5. The van der Waals surface area contributed by atoms with E-state index in [2.05, 4.69) is 6.92 Å². The molecule has 116 valence electrons. The van der Waals surface area contributed by atoms with Crippen molar-refractivity contribution in [2.75, 3.05) is 19.7 Å². The molecule has 1 fully saturated rings. The molecule has 1 amide bonds. The fourth-order valence-electron chi connectivity index (χ4n) is 3.01. The van der Waals surface area contributed by atoms with Gasteiger partial charge in [0.05, 0.1) is 6.61 Å². The van der Waals surface area contributed by atoms with Crippen molar-refractivity contribution < 1.29 is 9.90 Å². The first kappa shape index (κ1) is 16.3. The summed E-state index contributed by atoms with van der Waals surface area (Å²) in [6, 6.07) is 7.66. The molecule has 1 aliphatic rings. The second-order valence-electron chi connectivity index (χ2n) is 6.56. The van der Waals surface area contributed by atoms with Crippen LogP contribution in [0.15, 0.2) is 24.3 Å². The first-order valence-electron chi connectivity index (χ1n) is 7.58. The number of nitrogens with zero attached hydrogens (tertiary/aromatic N) is 1. The van der Waals surface area contributed by atoms with Gasteiger partial charge in [0, 0.05) is 29.4 Å². The van der Waals surface area contributed by atoms with Gasteiger partial charge in [0.25, 0.3) is 0 Å². The SMILES string of the molecule is CC(Cc1ccc(Cl)cc1)C(=O)N1CCCC(C)(CO)C1. The van der Waals surface area contributed by atoms with Crippen molar-refractivity contribution in [3.8, 4) is 0 Å². The second kappa shape index (κ2) is 6.80. The number of amides is 1. The summed E-state index contributed by atoms with van der Waals surface area (Å²) in [7, 11) is 0. The molecule has 0 bridgehead atoms. The summed E-state index contributed by atoms with van der Waals surface area (Å²) < 4.78 is 0. The molecule has 3 nitrogen and oxygen atoms in total. The lowest BCUT2D eigenvalue weighted by atomic mass is 9.82. The number of likely N-dealkylation sites (tertiary alicyclic amines) is 1. The molecule has 0 aromatic heterocycles. The van der Waals surface area contributed by atoms with Crippen LogP contribution in [0.1, 0.15) is 32.3 Å². The van der Waals surface area contributed by atoms with Crippen molar-refractivity contribution >= 4 is 17.5 Å². The molecule has 1 heterocycles. The fraction of sp³-hybridized carbons (Fsp3) is 0.588. The van der Waals surface area contributed by atoms with Crippen LogP contribution >= 0.6 is 11.6 Å². The fourth-order valence-corrected chi connectivity index (χ4v) is 3.13. The van der Waals surface area contributed by atoms with E-state index in [4.69, 9.17) is 11.6 Å². The number of piperidine rings is 1. The van der Waals surface area contributed by atoms with Crippen molar-refractivity contribution in [3.63, 3.8) is 0 Å². The minimum absolute atomic E-state index is 0.0489. The van der Waals surface area contributed by atoms with E-state index >= 15 is 0 Å². The van der Waals surface area contributed by atoms with Crippen molar-refractivity contribution in [3.05, 3.63) is 34.9 Å². The Hall–Kier alpha value is -1.06. The lowest BCUT2D eigenvalue weighted by Crippen LogP contribution is -2.48. The largest absolute Gasteiger partial charge is 0.396 e. The van der Waals surface area contributed by atoms with Gasteiger partial charge >= 0.3 is 0 Å². The summed E-state index contributed by atoms with van der Waals surface area (Å²) in [5.41, 5.74) is 0.982. The number of benzene rings is 1. The third kappa shape index (κ3) is 4.21. The first-order valence-corrected chi connectivity index (χ1v) is 7.95. The van der Waals surface area contributed by atoms with Gasteiger partial charge in [-0.1, -0.05) is 37.6 Å². The number of hydrogen-bond acceptors (Lipinski definition) is 2. The van der Waals surface area contributed by atoms with Gasteiger partial charge in [0.15, 0.2) is 0 Å². The zero-order valence-electron chi connectivity index (χ0n) is 12.8. The monoisotopic (exact) mass is 309 g/mol. The van der Waals surface area contributed by atoms with Crippen LogP contribution in [0.3, 0.4) is 0 Å². The van der Waals surface area contributed by atoms with Gasteiger partial charge in [-0.25, -0.2) is 0 Å². The number of aliphatic hydroxyl groups excluding tert-OH is 1. The zero-order valence-corrected chi connectivity index (χ0v) is 13.6. The molecular formula is C17H24ClNO2. The van der Waals surface area contributed by atoms with Crippen molar-refractivity contribution in [2.24, 2.45) is 11.3 Å². The molecule has 0 radical (unpaired) electrons. The summed E-state index contributed by atoms with van der Waals surface area (Å²) in [5.74, 6) is 0.136. The molecule has 1 N–H and O–H groups in total. The Bertz CT molecular complexity index is 488. The number of carbonyl (C=O) groups excluding carboxylic acids is 1. The van der Waals surface area contributed by atoms with Gasteiger partial charge in [-0.05, 0) is 37.0 Å². The molecule has 2 atom stereocenters. The predicted octanol–water partition coefficient (Wildman–Crippen LogP) is 3.14. The number of carbonyl (C=O) groups is 1. The van der Waals surface area contributed by atoms with E-state index < -0.39 is 0 Å². The molecule has 1 aromatic rings. The molecular weight excluding hydrogens is 286 g/mol. The van der Waals surface area contributed by atoms with E-state index in [0.29, 0.717) is 11.6 Å². The molecule has 0 spiro atoms.